The quantitative estimate of drug-likeness (QED) is 0.142. The number of allylic oxidation sites excluding steroid dienone is 4. The van der Waals surface area contributed by atoms with Crippen LogP contribution < -0.4 is 0 Å². The summed E-state index contributed by atoms with van der Waals surface area (Å²) in [4.78, 5) is 0. The summed E-state index contributed by atoms with van der Waals surface area (Å²) in [5.74, 6) is 1.60. The zero-order valence-electron chi connectivity index (χ0n) is 29.5. The molecule has 6 aromatic rings. The SMILES string of the molecule is c1ccc2c(c1)C1C3=C(Cc4c5ccc(c4C3)CCc3ccc(c4c3CC3=C(C4)C4c6ccccc6C3c3ccccc34)CC5)C2c2ccccc21. The van der Waals surface area contributed by atoms with Crippen LogP contribution in [0.25, 0.3) is 0 Å². The Morgan fingerprint density at radius 2 is 0.442 bits per heavy atom. The minimum Gasteiger partial charge on any atom is -0.0619 e. The molecule has 10 aliphatic carbocycles. The second-order valence-electron chi connectivity index (χ2n) is 16.7. The molecule has 10 aliphatic rings. The summed E-state index contributed by atoms with van der Waals surface area (Å²) in [5.41, 5.74) is 32.4. The highest BCUT2D eigenvalue weighted by molar-refractivity contribution is 5.71. The molecule has 0 saturated heterocycles. The van der Waals surface area contributed by atoms with Crippen LogP contribution in [0.3, 0.4) is 0 Å². The second-order valence-corrected chi connectivity index (χ2v) is 16.7. The molecule has 16 rings (SSSR count). The number of hydrogen-bond donors (Lipinski definition) is 0. The monoisotopic (exact) mass is 664 g/mol. The molecule has 0 aliphatic heterocycles. The smallest absolute Gasteiger partial charge is 0.0311 e. The summed E-state index contributed by atoms with van der Waals surface area (Å²) in [6, 6.07) is 47.7. The van der Waals surface area contributed by atoms with Crippen LogP contribution >= 0.6 is 0 Å². The van der Waals surface area contributed by atoms with Crippen molar-refractivity contribution in [3.63, 3.8) is 0 Å². The van der Waals surface area contributed by atoms with Crippen molar-refractivity contribution in [1.82, 2.24) is 0 Å². The molecule has 0 spiro atoms. The lowest BCUT2D eigenvalue weighted by molar-refractivity contribution is 0.662. The van der Waals surface area contributed by atoms with Crippen LogP contribution in [0, 0.1) is 0 Å². The van der Waals surface area contributed by atoms with Gasteiger partial charge in [-0.1, -0.05) is 144 Å². The minimum atomic E-state index is 0.401. The predicted octanol–water partition coefficient (Wildman–Crippen LogP) is 10.9. The van der Waals surface area contributed by atoms with Gasteiger partial charge in [-0.05, 0) is 140 Å². The second kappa shape index (κ2) is 10.2. The van der Waals surface area contributed by atoms with E-state index in [2.05, 4.69) is 121 Å². The minimum absolute atomic E-state index is 0.401. The highest BCUT2D eigenvalue weighted by Crippen LogP contribution is 2.60. The Balaban J connectivity index is 0.907. The lowest BCUT2D eigenvalue weighted by Gasteiger charge is -2.47. The summed E-state index contributed by atoms with van der Waals surface area (Å²) in [7, 11) is 0. The van der Waals surface area contributed by atoms with Crippen molar-refractivity contribution < 1.29 is 0 Å². The summed E-state index contributed by atoms with van der Waals surface area (Å²) in [5, 5.41) is 0. The van der Waals surface area contributed by atoms with E-state index in [-0.39, 0.29) is 0 Å². The standard InChI is InChI=1S/C52H40/c1-2-10-34-33(9-1)49-35-11-3-4-12-36(35)50(34)46-26-42-30-18-17-29(41(42)25-45(46)49)21-22-31-19-20-32(24-23-30)44-28-48-47(27-43(31)44)51-37-13-5-7-15-39(37)52(48)40-16-8-6-14-38(40)51/h1-20,49-52H,21-28H2. The van der Waals surface area contributed by atoms with E-state index in [1.165, 1.54) is 0 Å². The lowest BCUT2D eigenvalue weighted by Crippen LogP contribution is -2.33. The third-order valence-corrected chi connectivity index (χ3v) is 14.7. The van der Waals surface area contributed by atoms with Gasteiger partial charge in [-0.2, -0.15) is 0 Å². The van der Waals surface area contributed by atoms with Crippen LogP contribution in [0.5, 0.6) is 0 Å². The number of benzene rings is 6. The Bertz CT molecular complexity index is 2200. The van der Waals surface area contributed by atoms with Crippen molar-refractivity contribution in [1.29, 1.82) is 0 Å². The molecule has 0 N–H and O–H groups in total. The first-order chi connectivity index (χ1) is 25.8. The maximum atomic E-state index is 2.54. The number of rotatable bonds is 0. The number of fused-ring (bicyclic) bond motifs is 4. The van der Waals surface area contributed by atoms with Gasteiger partial charge in [0.15, 0.2) is 0 Å². The van der Waals surface area contributed by atoms with Gasteiger partial charge in [0, 0.05) is 23.7 Å². The molecule has 0 fully saturated rings. The highest BCUT2D eigenvalue weighted by Gasteiger charge is 2.46. The first kappa shape index (κ1) is 28.4. The van der Waals surface area contributed by atoms with Crippen molar-refractivity contribution in [2.24, 2.45) is 0 Å². The van der Waals surface area contributed by atoms with E-state index < -0.39 is 0 Å². The molecule has 0 aromatic heterocycles. The lowest BCUT2D eigenvalue weighted by atomic mass is 9.57. The Kier molecular flexibility index (Phi) is 5.59. The van der Waals surface area contributed by atoms with Gasteiger partial charge in [-0.25, -0.2) is 0 Å². The van der Waals surface area contributed by atoms with E-state index in [0.717, 1.165) is 51.4 Å². The first-order valence-electron chi connectivity index (χ1n) is 19.8. The largest absolute Gasteiger partial charge is 0.0619 e. The molecule has 0 radical (unpaired) electrons. The molecule has 0 amide bonds. The van der Waals surface area contributed by atoms with Crippen LogP contribution in [0.4, 0.5) is 0 Å². The van der Waals surface area contributed by atoms with Gasteiger partial charge in [0.1, 0.15) is 0 Å². The topological polar surface area (TPSA) is 0 Å². The van der Waals surface area contributed by atoms with Crippen molar-refractivity contribution >= 4 is 0 Å². The fourth-order valence-corrected chi connectivity index (χ4v) is 12.6. The van der Waals surface area contributed by atoms with E-state index in [0.29, 0.717) is 23.7 Å². The fourth-order valence-electron chi connectivity index (χ4n) is 12.6. The molecule has 0 heteroatoms. The van der Waals surface area contributed by atoms with Crippen LogP contribution in [0.15, 0.2) is 144 Å². The van der Waals surface area contributed by atoms with E-state index in [1.54, 1.807) is 111 Å². The van der Waals surface area contributed by atoms with Gasteiger partial charge in [0.2, 0.25) is 0 Å². The zero-order valence-corrected chi connectivity index (χ0v) is 29.5. The van der Waals surface area contributed by atoms with E-state index in [9.17, 15) is 0 Å². The first-order valence-corrected chi connectivity index (χ1v) is 19.8. The molecule has 6 aromatic carbocycles. The van der Waals surface area contributed by atoms with E-state index in [4.69, 9.17) is 0 Å². The third-order valence-electron chi connectivity index (χ3n) is 14.7. The van der Waals surface area contributed by atoms with Gasteiger partial charge in [0.05, 0.1) is 0 Å². The van der Waals surface area contributed by atoms with Crippen molar-refractivity contribution in [2.45, 2.75) is 75.0 Å². The van der Waals surface area contributed by atoms with Crippen LogP contribution in [-0.4, -0.2) is 0 Å². The summed E-state index contributed by atoms with van der Waals surface area (Å²) in [6.45, 7) is 0. The molecular weight excluding hydrogens is 625 g/mol. The maximum Gasteiger partial charge on any atom is 0.0311 e. The van der Waals surface area contributed by atoms with Gasteiger partial charge >= 0.3 is 0 Å². The average molecular weight is 665 g/mol. The number of aryl methyl sites for hydroxylation is 4. The molecule has 0 atom stereocenters. The Hall–Kier alpha value is -5.20. The van der Waals surface area contributed by atoms with Crippen LogP contribution in [-0.2, 0) is 51.4 Å². The molecule has 0 unspecified atom stereocenters. The van der Waals surface area contributed by atoms with E-state index in [1.807, 2.05) is 0 Å². The Morgan fingerprint density at radius 1 is 0.250 bits per heavy atom. The van der Waals surface area contributed by atoms with Crippen molar-refractivity contribution in [3.8, 4) is 0 Å². The predicted molar refractivity (Wildman–Crippen MR) is 210 cm³/mol. The van der Waals surface area contributed by atoms with Gasteiger partial charge < -0.3 is 0 Å². The van der Waals surface area contributed by atoms with Crippen LogP contribution in [0.2, 0.25) is 0 Å². The van der Waals surface area contributed by atoms with Crippen LogP contribution in [0.1, 0.15) is 113 Å². The van der Waals surface area contributed by atoms with Gasteiger partial charge in [0.25, 0.3) is 0 Å². The van der Waals surface area contributed by atoms with Crippen molar-refractivity contribution in [3.05, 3.63) is 233 Å². The van der Waals surface area contributed by atoms with Gasteiger partial charge in [-0.3, -0.25) is 0 Å². The van der Waals surface area contributed by atoms with Crippen molar-refractivity contribution in [2.75, 3.05) is 0 Å². The highest BCUT2D eigenvalue weighted by atomic mass is 14.5. The van der Waals surface area contributed by atoms with E-state index >= 15 is 0 Å². The summed E-state index contributed by atoms with van der Waals surface area (Å²) >= 11 is 0. The third kappa shape index (κ3) is 3.59. The average Bonchev–Trinajstić information content (AvgIpc) is 3.20. The number of hydrogen-bond acceptors (Lipinski definition) is 0. The fraction of sp³-hybridized carbons (Fsp3) is 0.231. The molecule has 248 valence electrons. The molecule has 8 bridgehead atoms. The maximum absolute atomic E-state index is 2.54. The normalized spacial score (nSPS) is 23.4. The molecule has 0 heterocycles. The molecule has 0 nitrogen and oxygen atoms in total. The molecular formula is C52H40. The summed E-state index contributed by atoms with van der Waals surface area (Å²) in [6.07, 6.45) is 8.97. The molecule has 0 saturated carbocycles. The summed E-state index contributed by atoms with van der Waals surface area (Å²) < 4.78 is 0. The van der Waals surface area contributed by atoms with Gasteiger partial charge in [-0.15, -0.1) is 0 Å². The molecule has 52 heavy (non-hydrogen) atoms. The Labute approximate surface area is 306 Å². The Morgan fingerprint density at radius 3 is 0.635 bits per heavy atom. The zero-order chi connectivity index (χ0) is 33.7.